The van der Waals surface area contributed by atoms with E-state index in [4.69, 9.17) is 15.6 Å². The van der Waals surface area contributed by atoms with E-state index >= 15 is 0 Å². The van der Waals surface area contributed by atoms with Crippen molar-refractivity contribution in [2.24, 2.45) is 11.7 Å². The lowest BCUT2D eigenvalue weighted by Crippen LogP contribution is -2.36. The molecule has 0 fully saturated rings. The van der Waals surface area contributed by atoms with E-state index in [1.54, 1.807) is 0 Å². The summed E-state index contributed by atoms with van der Waals surface area (Å²) in [4.78, 5) is 21.6. The SMILES string of the molecule is CCCC(CN)C(=O)NCCOCC(=O)O. The Balaban J connectivity index is 3.59. The summed E-state index contributed by atoms with van der Waals surface area (Å²) in [7, 11) is 0. The maximum atomic E-state index is 11.5. The van der Waals surface area contributed by atoms with Gasteiger partial charge in [0.2, 0.25) is 5.91 Å². The van der Waals surface area contributed by atoms with Gasteiger partial charge in [-0.2, -0.15) is 0 Å². The van der Waals surface area contributed by atoms with E-state index in [1.807, 2.05) is 6.92 Å². The molecule has 0 radical (unpaired) electrons. The quantitative estimate of drug-likeness (QED) is 0.469. The fraction of sp³-hybridized carbons (Fsp3) is 0.800. The Morgan fingerprint density at radius 2 is 2.19 bits per heavy atom. The third-order valence-corrected chi connectivity index (χ3v) is 2.06. The summed E-state index contributed by atoms with van der Waals surface area (Å²) in [5.41, 5.74) is 5.46. The zero-order valence-electron chi connectivity index (χ0n) is 9.57. The lowest BCUT2D eigenvalue weighted by molar-refractivity contribution is -0.142. The minimum Gasteiger partial charge on any atom is -0.480 e. The Labute approximate surface area is 95.1 Å². The van der Waals surface area contributed by atoms with Gasteiger partial charge in [-0.1, -0.05) is 13.3 Å². The van der Waals surface area contributed by atoms with Crippen molar-refractivity contribution < 1.29 is 19.4 Å². The summed E-state index contributed by atoms with van der Waals surface area (Å²) in [6, 6.07) is 0. The summed E-state index contributed by atoms with van der Waals surface area (Å²) in [5.74, 6) is -1.27. The average molecular weight is 232 g/mol. The number of hydrogen-bond donors (Lipinski definition) is 3. The molecule has 0 rings (SSSR count). The fourth-order valence-electron chi connectivity index (χ4n) is 1.25. The Morgan fingerprint density at radius 1 is 1.50 bits per heavy atom. The number of ether oxygens (including phenoxy) is 1. The first-order chi connectivity index (χ1) is 7.61. The number of carbonyl (C=O) groups is 2. The van der Waals surface area contributed by atoms with Crippen molar-refractivity contribution in [2.45, 2.75) is 19.8 Å². The molecule has 0 aliphatic rings. The van der Waals surface area contributed by atoms with Gasteiger partial charge < -0.3 is 20.9 Å². The Morgan fingerprint density at radius 3 is 2.69 bits per heavy atom. The first-order valence-corrected chi connectivity index (χ1v) is 5.39. The van der Waals surface area contributed by atoms with Crippen LogP contribution in [0.2, 0.25) is 0 Å². The fourth-order valence-corrected chi connectivity index (χ4v) is 1.25. The minimum atomic E-state index is -1.02. The molecule has 1 atom stereocenters. The van der Waals surface area contributed by atoms with E-state index in [0.29, 0.717) is 13.1 Å². The molecule has 6 nitrogen and oxygen atoms in total. The predicted octanol–water partition coefficient (Wildman–Crippen LogP) is -0.421. The van der Waals surface area contributed by atoms with Gasteiger partial charge >= 0.3 is 5.97 Å². The summed E-state index contributed by atoms with van der Waals surface area (Å²) in [6.07, 6.45) is 1.67. The lowest BCUT2D eigenvalue weighted by Gasteiger charge is -2.13. The molecule has 0 aliphatic carbocycles. The first-order valence-electron chi connectivity index (χ1n) is 5.39. The van der Waals surface area contributed by atoms with E-state index in [2.05, 4.69) is 5.32 Å². The molecule has 0 aromatic rings. The number of carboxylic acid groups (broad SMARTS) is 1. The van der Waals surface area contributed by atoms with E-state index in [0.717, 1.165) is 12.8 Å². The number of carbonyl (C=O) groups excluding carboxylic acids is 1. The minimum absolute atomic E-state index is 0.0942. The van der Waals surface area contributed by atoms with Gasteiger partial charge in [0.15, 0.2) is 0 Å². The third-order valence-electron chi connectivity index (χ3n) is 2.06. The van der Waals surface area contributed by atoms with E-state index in [-0.39, 0.29) is 25.0 Å². The van der Waals surface area contributed by atoms with E-state index in [1.165, 1.54) is 0 Å². The van der Waals surface area contributed by atoms with Crippen LogP contribution in [0.4, 0.5) is 0 Å². The highest BCUT2D eigenvalue weighted by Gasteiger charge is 2.14. The van der Waals surface area contributed by atoms with Crippen molar-refractivity contribution in [1.82, 2.24) is 5.32 Å². The molecule has 0 aliphatic heterocycles. The number of amides is 1. The van der Waals surface area contributed by atoms with Crippen molar-refractivity contribution in [3.8, 4) is 0 Å². The standard InChI is InChI=1S/C10H20N2O4/c1-2-3-8(6-11)10(15)12-4-5-16-7-9(13)14/h8H,2-7,11H2,1H3,(H,12,15)(H,13,14). The van der Waals surface area contributed by atoms with Crippen molar-refractivity contribution in [3.63, 3.8) is 0 Å². The molecule has 0 aromatic carbocycles. The second-order valence-electron chi connectivity index (χ2n) is 3.46. The maximum Gasteiger partial charge on any atom is 0.329 e. The molecule has 4 N–H and O–H groups in total. The van der Waals surface area contributed by atoms with Gasteiger partial charge in [0.05, 0.1) is 12.5 Å². The molecule has 0 bridgehead atoms. The topological polar surface area (TPSA) is 102 Å². The highest BCUT2D eigenvalue weighted by molar-refractivity contribution is 5.78. The summed E-state index contributed by atoms with van der Waals surface area (Å²) < 4.78 is 4.77. The molecule has 0 heterocycles. The maximum absolute atomic E-state index is 11.5. The van der Waals surface area contributed by atoms with Gasteiger partial charge in [0.25, 0.3) is 0 Å². The molecular weight excluding hydrogens is 212 g/mol. The third kappa shape index (κ3) is 7.19. The van der Waals surface area contributed by atoms with Crippen LogP contribution in [0.5, 0.6) is 0 Å². The smallest absolute Gasteiger partial charge is 0.329 e. The van der Waals surface area contributed by atoms with E-state index < -0.39 is 5.97 Å². The Hall–Kier alpha value is -1.14. The summed E-state index contributed by atoms with van der Waals surface area (Å²) in [6.45, 7) is 2.49. The Bertz CT molecular complexity index is 221. The van der Waals surface area contributed by atoms with Crippen LogP contribution in [0.25, 0.3) is 0 Å². The van der Waals surface area contributed by atoms with Gasteiger partial charge in [0.1, 0.15) is 6.61 Å². The van der Waals surface area contributed by atoms with Crippen LogP contribution in [0, 0.1) is 5.92 Å². The van der Waals surface area contributed by atoms with Gasteiger partial charge in [-0.05, 0) is 6.42 Å². The highest BCUT2D eigenvalue weighted by atomic mass is 16.5. The average Bonchev–Trinajstić information content (AvgIpc) is 2.24. The van der Waals surface area contributed by atoms with Crippen LogP contribution in [-0.2, 0) is 14.3 Å². The number of nitrogens with one attached hydrogen (secondary N) is 1. The molecule has 6 heteroatoms. The van der Waals surface area contributed by atoms with E-state index in [9.17, 15) is 9.59 Å². The zero-order valence-corrected chi connectivity index (χ0v) is 9.57. The second-order valence-corrected chi connectivity index (χ2v) is 3.46. The summed E-state index contributed by atoms with van der Waals surface area (Å²) >= 11 is 0. The first kappa shape index (κ1) is 14.9. The molecule has 1 amide bonds. The predicted molar refractivity (Wildman–Crippen MR) is 58.9 cm³/mol. The van der Waals surface area contributed by atoms with Gasteiger partial charge in [-0.25, -0.2) is 4.79 Å². The molecule has 0 saturated heterocycles. The number of rotatable bonds is 9. The Kier molecular flexibility index (Phi) is 8.46. The summed E-state index contributed by atoms with van der Waals surface area (Å²) in [5, 5.41) is 10.9. The lowest BCUT2D eigenvalue weighted by atomic mass is 10.0. The van der Waals surface area contributed by atoms with Crippen LogP contribution in [-0.4, -0.2) is 43.3 Å². The number of nitrogens with two attached hydrogens (primary N) is 1. The number of aliphatic carboxylic acids is 1. The monoisotopic (exact) mass is 232 g/mol. The van der Waals surface area contributed by atoms with Crippen molar-refractivity contribution in [3.05, 3.63) is 0 Å². The molecule has 16 heavy (non-hydrogen) atoms. The zero-order chi connectivity index (χ0) is 12.4. The van der Waals surface area contributed by atoms with Crippen molar-refractivity contribution >= 4 is 11.9 Å². The molecule has 1 unspecified atom stereocenters. The van der Waals surface area contributed by atoms with Crippen LogP contribution < -0.4 is 11.1 Å². The van der Waals surface area contributed by atoms with Crippen LogP contribution in [0.1, 0.15) is 19.8 Å². The van der Waals surface area contributed by atoms with Crippen LogP contribution in [0.3, 0.4) is 0 Å². The molecule has 0 aromatic heterocycles. The van der Waals surface area contributed by atoms with Crippen molar-refractivity contribution in [1.29, 1.82) is 0 Å². The molecular formula is C10H20N2O4. The van der Waals surface area contributed by atoms with Crippen molar-refractivity contribution in [2.75, 3.05) is 26.3 Å². The van der Waals surface area contributed by atoms with Crippen LogP contribution >= 0.6 is 0 Å². The largest absolute Gasteiger partial charge is 0.480 e. The normalized spacial score (nSPS) is 12.1. The molecule has 0 spiro atoms. The van der Waals surface area contributed by atoms with Gasteiger partial charge in [-0.15, -0.1) is 0 Å². The van der Waals surface area contributed by atoms with Crippen LogP contribution in [0.15, 0.2) is 0 Å². The second kappa shape index (κ2) is 9.11. The number of carboxylic acids is 1. The van der Waals surface area contributed by atoms with Gasteiger partial charge in [0, 0.05) is 13.1 Å². The molecule has 0 saturated carbocycles. The number of hydrogen-bond acceptors (Lipinski definition) is 4. The highest BCUT2D eigenvalue weighted by Crippen LogP contribution is 2.03. The molecule has 94 valence electrons. The van der Waals surface area contributed by atoms with Gasteiger partial charge in [-0.3, -0.25) is 4.79 Å².